The van der Waals surface area contributed by atoms with Gasteiger partial charge in [-0.15, -0.1) is 0 Å². The molecule has 0 aromatic carbocycles. The molecule has 0 amide bonds. The van der Waals surface area contributed by atoms with Gasteiger partial charge in [0.05, 0.1) is 30.8 Å². The highest BCUT2D eigenvalue weighted by atomic mass is 32.2. The summed E-state index contributed by atoms with van der Waals surface area (Å²) in [7, 11) is -1.59. The highest BCUT2D eigenvalue weighted by molar-refractivity contribution is 7.88. The van der Waals surface area contributed by atoms with Crippen molar-refractivity contribution in [2.45, 2.75) is 39.7 Å². The van der Waals surface area contributed by atoms with Gasteiger partial charge < -0.3 is 15.8 Å². The van der Waals surface area contributed by atoms with E-state index in [-0.39, 0.29) is 17.9 Å². The summed E-state index contributed by atoms with van der Waals surface area (Å²) in [4.78, 5) is 24.5. The maximum absolute atomic E-state index is 11.9. The lowest BCUT2D eigenvalue weighted by Crippen LogP contribution is -2.48. The first-order valence-corrected chi connectivity index (χ1v) is 14.3. The Kier molecular flexibility index (Phi) is 8.09. The highest BCUT2D eigenvalue weighted by Gasteiger charge is 2.27. The zero-order chi connectivity index (χ0) is 27.6. The number of ether oxygens (including phenoxy) is 1. The Morgan fingerprint density at radius 2 is 1.74 bits per heavy atom. The number of aryl methyl sites for hydroxylation is 1. The molecule has 13 heteroatoms. The SMILES string of the molecule is COc1ncc(Nc2ncc(C(C)N3CCN(S(C)(=O)=O)CC3)cc2-c2nc(C)nc(N)n2)cc1C(C)C. The fraction of sp³-hybridized carbons (Fsp3) is 0.480. The van der Waals surface area contributed by atoms with Crippen LogP contribution in [0, 0.1) is 6.92 Å². The lowest BCUT2D eigenvalue weighted by molar-refractivity contribution is 0.146. The van der Waals surface area contributed by atoms with Crippen LogP contribution in [0.25, 0.3) is 11.4 Å². The second-order valence-electron chi connectivity index (χ2n) is 9.71. The number of methoxy groups -OCH3 is 1. The molecule has 204 valence electrons. The van der Waals surface area contributed by atoms with Gasteiger partial charge in [-0.3, -0.25) is 4.90 Å². The number of nitrogen functional groups attached to an aromatic ring is 1. The Morgan fingerprint density at radius 3 is 2.34 bits per heavy atom. The minimum atomic E-state index is -3.20. The van der Waals surface area contributed by atoms with Crippen LogP contribution in [-0.2, 0) is 10.0 Å². The van der Waals surface area contributed by atoms with Crippen molar-refractivity contribution in [3.8, 4) is 17.3 Å². The van der Waals surface area contributed by atoms with Crippen molar-refractivity contribution < 1.29 is 13.2 Å². The Bertz CT molecular complexity index is 1390. The number of nitrogens with two attached hydrogens (primary N) is 1. The molecule has 12 nitrogen and oxygen atoms in total. The Labute approximate surface area is 223 Å². The van der Waals surface area contributed by atoms with E-state index >= 15 is 0 Å². The van der Waals surface area contributed by atoms with E-state index in [0.29, 0.717) is 55.1 Å². The first kappa shape index (κ1) is 27.6. The number of aromatic nitrogens is 5. The molecule has 4 rings (SSSR count). The van der Waals surface area contributed by atoms with Crippen LogP contribution in [0.2, 0.25) is 0 Å². The van der Waals surface area contributed by atoms with Crippen LogP contribution in [0.1, 0.15) is 49.7 Å². The van der Waals surface area contributed by atoms with Crippen molar-refractivity contribution in [2.24, 2.45) is 0 Å². The van der Waals surface area contributed by atoms with Gasteiger partial charge in [-0.25, -0.2) is 23.4 Å². The Hall–Kier alpha value is -3.42. The second kappa shape index (κ2) is 11.1. The predicted molar refractivity (Wildman–Crippen MR) is 147 cm³/mol. The molecule has 0 spiro atoms. The van der Waals surface area contributed by atoms with Gasteiger partial charge in [-0.05, 0) is 37.5 Å². The van der Waals surface area contributed by atoms with Gasteiger partial charge in [0.25, 0.3) is 0 Å². The van der Waals surface area contributed by atoms with Crippen LogP contribution in [0.4, 0.5) is 17.5 Å². The van der Waals surface area contributed by atoms with E-state index in [1.165, 1.54) is 10.6 Å². The summed E-state index contributed by atoms with van der Waals surface area (Å²) >= 11 is 0. The van der Waals surface area contributed by atoms with Gasteiger partial charge in [-0.2, -0.15) is 14.3 Å². The number of pyridine rings is 2. The van der Waals surface area contributed by atoms with Crippen LogP contribution in [0.5, 0.6) is 5.88 Å². The van der Waals surface area contributed by atoms with Crippen LogP contribution >= 0.6 is 0 Å². The third kappa shape index (κ3) is 6.17. The molecule has 0 radical (unpaired) electrons. The maximum Gasteiger partial charge on any atom is 0.223 e. The third-order valence-corrected chi connectivity index (χ3v) is 7.95. The number of hydrogen-bond acceptors (Lipinski definition) is 11. The summed E-state index contributed by atoms with van der Waals surface area (Å²) in [5.41, 5.74) is 9.30. The molecule has 1 fully saturated rings. The smallest absolute Gasteiger partial charge is 0.223 e. The lowest BCUT2D eigenvalue weighted by Gasteiger charge is -2.37. The number of sulfonamides is 1. The summed E-state index contributed by atoms with van der Waals surface area (Å²) in [6.07, 6.45) is 4.76. The maximum atomic E-state index is 11.9. The monoisotopic (exact) mass is 541 g/mol. The second-order valence-corrected chi connectivity index (χ2v) is 11.7. The highest BCUT2D eigenvalue weighted by Crippen LogP contribution is 2.33. The number of nitrogens with zero attached hydrogens (tertiary/aromatic N) is 7. The molecule has 1 saturated heterocycles. The van der Waals surface area contributed by atoms with Gasteiger partial charge in [0.2, 0.25) is 21.9 Å². The van der Waals surface area contributed by atoms with Gasteiger partial charge in [0, 0.05) is 44.0 Å². The average Bonchev–Trinajstić information content (AvgIpc) is 2.87. The van der Waals surface area contributed by atoms with Gasteiger partial charge in [-0.1, -0.05) is 13.8 Å². The van der Waals surface area contributed by atoms with E-state index in [4.69, 9.17) is 15.5 Å². The molecule has 4 heterocycles. The number of rotatable bonds is 8. The number of anilines is 3. The van der Waals surface area contributed by atoms with Crippen molar-refractivity contribution in [3.63, 3.8) is 0 Å². The topological polar surface area (TPSA) is 152 Å². The molecule has 3 N–H and O–H groups in total. The van der Waals surface area contributed by atoms with Crippen LogP contribution in [0.3, 0.4) is 0 Å². The molecule has 0 bridgehead atoms. The van der Waals surface area contributed by atoms with E-state index in [0.717, 1.165) is 16.8 Å². The largest absolute Gasteiger partial charge is 0.481 e. The minimum absolute atomic E-state index is 0.00696. The first-order chi connectivity index (χ1) is 18.0. The summed E-state index contributed by atoms with van der Waals surface area (Å²) in [5.74, 6) is 2.38. The molecular formula is C25H35N9O3S. The van der Waals surface area contributed by atoms with Crippen molar-refractivity contribution in [3.05, 3.63) is 41.5 Å². The summed E-state index contributed by atoms with van der Waals surface area (Å²) < 4.78 is 30.8. The van der Waals surface area contributed by atoms with E-state index < -0.39 is 10.0 Å². The molecule has 1 unspecified atom stereocenters. The molecule has 1 atom stereocenters. The zero-order valence-corrected chi connectivity index (χ0v) is 23.4. The first-order valence-electron chi connectivity index (χ1n) is 12.4. The molecule has 1 aliphatic heterocycles. The van der Waals surface area contributed by atoms with Gasteiger partial charge in [0.1, 0.15) is 11.6 Å². The summed E-state index contributed by atoms with van der Waals surface area (Å²) in [6.45, 7) is 10.2. The molecule has 3 aromatic rings. The summed E-state index contributed by atoms with van der Waals surface area (Å²) in [6, 6.07) is 3.98. The molecule has 1 aliphatic rings. The molecule has 0 aliphatic carbocycles. The van der Waals surface area contributed by atoms with E-state index in [1.54, 1.807) is 20.2 Å². The van der Waals surface area contributed by atoms with Gasteiger partial charge >= 0.3 is 0 Å². The van der Waals surface area contributed by atoms with Crippen LogP contribution < -0.4 is 15.8 Å². The average molecular weight is 542 g/mol. The quantitative estimate of drug-likeness (QED) is 0.433. The van der Waals surface area contributed by atoms with E-state index in [9.17, 15) is 8.42 Å². The van der Waals surface area contributed by atoms with Crippen molar-refractivity contribution in [1.82, 2.24) is 34.1 Å². The summed E-state index contributed by atoms with van der Waals surface area (Å²) in [5, 5.41) is 3.37. The standard InChI is InChI=1S/C25H35N9O3S/c1-15(2)20-12-19(14-28-24(20)37-5)31-22-21(23-29-17(4)30-25(26)32-23)11-18(13-27-22)16(3)33-7-9-34(10-8-33)38(6,35)36/h11-16H,7-10H2,1-6H3,(H,27,31)(H2,26,29,30,32). The van der Waals surface area contributed by atoms with Crippen molar-refractivity contribution >= 4 is 27.5 Å². The lowest BCUT2D eigenvalue weighted by atomic mass is 10.0. The molecular weight excluding hydrogens is 506 g/mol. The van der Waals surface area contributed by atoms with Crippen LogP contribution in [-0.4, -0.2) is 82.1 Å². The fourth-order valence-corrected chi connectivity index (χ4v) is 5.32. The fourth-order valence-electron chi connectivity index (χ4n) is 4.49. The van der Waals surface area contributed by atoms with Gasteiger partial charge in [0.15, 0.2) is 5.82 Å². The van der Waals surface area contributed by atoms with Crippen molar-refractivity contribution in [2.75, 3.05) is 50.6 Å². The van der Waals surface area contributed by atoms with Crippen molar-refractivity contribution in [1.29, 1.82) is 0 Å². The molecule has 0 saturated carbocycles. The van der Waals surface area contributed by atoms with E-state index in [1.807, 2.05) is 18.3 Å². The van der Waals surface area contributed by atoms with E-state index in [2.05, 4.69) is 50.9 Å². The Morgan fingerprint density at radius 1 is 1.03 bits per heavy atom. The third-order valence-electron chi connectivity index (χ3n) is 6.64. The molecule has 3 aromatic heterocycles. The predicted octanol–water partition coefficient (Wildman–Crippen LogP) is 2.73. The zero-order valence-electron chi connectivity index (χ0n) is 22.6. The van der Waals surface area contributed by atoms with Crippen LogP contribution in [0.15, 0.2) is 24.5 Å². The number of piperazine rings is 1. The molecule has 38 heavy (non-hydrogen) atoms. The Balaban J connectivity index is 1.69. The number of hydrogen-bond donors (Lipinski definition) is 2. The number of nitrogens with one attached hydrogen (secondary N) is 1. The minimum Gasteiger partial charge on any atom is -0.481 e. The normalized spacial score (nSPS) is 16.0.